The molecule has 1 saturated heterocycles. The number of ether oxygens (including phenoxy) is 1. The maximum atomic E-state index is 12.9. The first-order chi connectivity index (χ1) is 15.9. The van der Waals surface area contributed by atoms with Crippen LogP contribution >= 0.6 is 0 Å². The van der Waals surface area contributed by atoms with Crippen LogP contribution in [0.4, 0.5) is 13.2 Å². The van der Waals surface area contributed by atoms with Crippen LogP contribution in [0.2, 0.25) is 0 Å². The molecule has 0 bridgehead atoms. The van der Waals surface area contributed by atoms with Crippen molar-refractivity contribution in [2.45, 2.75) is 62.7 Å². The fourth-order valence-electron chi connectivity index (χ4n) is 5.77. The summed E-state index contributed by atoms with van der Waals surface area (Å²) in [5.41, 5.74) is 1.01. The molecule has 10 heteroatoms. The average molecular weight is 499 g/mol. The van der Waals surface area contributed by atoms with Crippen molar-refractivity contribution in [2.24, 2.45) is 11.3 Å². The Morgan fingerprint density at radius 3 is 2.35 bits per heavy atom. The zero-order chi connectivity index (χ0) is 24.7. The van der Waals surface area contributed by atoms with Gasteiger partial charge in [0.1, 0.15) is 5.75 Å². The number of nitrogens with zero attached hydrogens (tertiary/aromatic N) is 1. The largest absolute Gasteiger partial charge is 0.573 e. The highest BCUT2D eigenvalue weighted by atomic mass is 32.2. The van der Waals surface area contributed by atoms with Gasteiger partial charge in [-0.05, 0) is 48.6 Å². The quantitative estimate of drug-likeness (QED) is 0.605. The van der Waals surface area contributed by atoms with Crippen LogP contribution in [0.15, 0.2) is 59.5 Å². The molecule has 2 aromatic rings. The molecule has 4 unspecified atom stereocenters. The number of hydrogen-bond donors (Lipinski definition) is 2. The third-order valence-corrected chi connectivity index (χ3v) is 8.29. The van der Waals surface area contributed by atoms with Crippen LogP contribution in [-0.4, -0.2) is 49.5 Å². The van der Waals surface area contributed by atoms with Gasteiger partial charge < -0.3 is 9.84 Å². The minimum atomic E-state index is -4.86. The molecule has 2 aliphatic rings. The minimum Gasteiger partial charge on any atom is -0.406 e. The summed E-state index contributed by atoms with van der Waals surface area (Å²) in [5.74, 6) is -0.180. The lowest BCUT2D eigenvalue weighted by molar-refractivity contribution is -0.274. The second kappa shape index (κ2) is 9.14. The molecule has 0 radical (unpaired) electrons. The Morgan fingerprint density at radius 1 is 1.12 bits per heavy atom. The number of alkyl halides is 3. The van der Waals surface area contributed by atoms with Gasteiger partial charge in [-0.25, -0.2) is 13.1 Å². The summed E-state index contributed by atoms with van der Waals surface area (Å²) >= 11 is 0. The number of aliphatic hydroxyl groups excluding tert-OH is 1. The van der Waals surface area contributed by atoms with E-state index in [1.54, 1.807) is 0 Å². The van der Waals surface area contributed by atoms with Gasteiger partial charge in [-0.2, -0.15) is 0 Å². The van der Waals surface area contributed by atoms with Gasteiger partial charge in [0, 0.05) is 30.6 Å². The minimum absolute atomic E-state index is 0.185. The number of nitrogens with one attached hydrogen (secondary N) is 1. The van der Waals surface area contributed by atoms with Crippen molar-refractivity contribution in [2.75, 3.05) is 6.54 Å². The number of halogens is 3. The van der Waals surface area contributed by atoms with Gasteiger partial charge in [0.2, 0.25) is 10.0 Å². The number of sulfonamides is 1. The van der Waals surface area contributed by atoms with Crippen LogP contribution < -0.4 is 9.46 Å². The fourth-order valence-corrected chi connectivity index (χ4v) is 7.04. The molecule has 186 valence electrons. The van der Waals surface area contributed by atoms with Crippen LogP contribution in [-0.2, 0) is 16.6 Å². The molecule has 6 nitrogen and oxygen atoms in total. The van der Waals surface area contributed by atoms with Crippen LogP contribution in [0.1, 0.15) is 32.3 Å². The monoisotopic (exact) mass is 498 g/mol. The number of benzene rings is 2. The smallest absolute Gasteiger partial charge is 0.406 e. The van der Waals surface area contributed by atoms with Gasteiger partial charge in [-0.15, -0.1) is 13.2 Å². The SMILES string of the molecule is CC(C)C1N(Cc2ccccc2)CC12CC(O)C(NS(=O)(=O)c1ccc(OC(F)(F)F)cc1)C2. The Labute approximate surface area is 197 Å². The van der Waals surface area contributed by atoms with E-state index >= 15 is 0 Å². The summed E-state index contributed by atoms with van der Waals surface area (Å²) in [6, 6.07) is 13.7. The predicted octanol–water partition coefficient (Wildman–Crippen LogP) is 3.91. The fraction of sp³-hybridized carbons (Fsp3) is 0.500. The maximum Gasteiger partial charge on any atom is 0.573 e. The molecule has 1 aliphatic carbocycles. The Morgan fingerprint density at radius 2 is 1.76 bits per heavy atom. The molecule has 1 heterocycles. The molecule has 4 atom stereocenters. The molecule has 2 aromatic carbocycles. The third kappa shape index (κ3) is 5.25. The third-order valence-electron chi connectivity index (χ3n) is 6.78. The number of hydrogen-bond acceptors (Lipinski definition) is 5. The molecular weight excluding hydrogens is 469 g/mol. The van der Waals surface area contributed by atoms with Crippen LogP contribution in [0, 0.1) is 11.3 Å². The van der Waals surface area contributed by atoms with E-state index < -0.39 is 34.3 Å². The van der Waals surface area contributed by atoms with E-state index in [4.69, 9.17) is 0 Å². The summed E-state index contributed by atoms with van der Waals surface area (Å²) < 4.78 is 69.2. The van der Waals surface area contributed by atoms with E-state index in [0.29, 0.717) is 18.8 Å². The van der Waals surface area contributed by atoms with Gasteiger partial charge >= 0.3 is 6.36 Å². The van der Waals surface area contributed by atoms with E-state index in [2.05, 4.69) is 40.3 Å². The summed E-state index contributed by atoms with van der Waals surface area (Å²) in [6.07, 6.45) is -4.71. The predicted molar refractivity (Wildman–Crippen MR) is 120 cm³/mol. The van der Waals surface area contributed by atoms with Crippen molar-refractivity contribution in [1.82, 2.24) is 9.62 Å². The number of rotatable bonds is 7. The van der Waals surface area contributed by atoms with Crippen LogP contribution in [0.25, 0.3) is 0 Å². The van der Waals surface area contributed by atoms with E-state index in [0.717, 1.165) is 37.4 Å². The molecule has 1 saturated carbocycles. The first kappa shape index (κ1) is 25.0. The van der Waals surface area contributed by atoms with Gasteiger partial charge in [0.15, 0.2) is 0 Å². The van der Waals surface area contributed by atoms with Crippen molar-refractivity contribution in [3.63, 3.8) is 0 Å². The van der Waals surface area contributed by atoms with Crippen LogP contribution in [0.3, 0.4) is 0 Å². The lowest BCUT2D eigenvalue weighted by Gasteiger charge is -2.58. The Hall–Kier alpha value is -2.14. The van der Waals surface area contributed by atoms with E-state index in [1.807, 2.05) is 18.2 Å². The molecular formula is C24H29F3N2O4S. The van der Waals surface area contributed by atoms with Crippen molar-refractivity contribution in [1.29, 1.82) is 0 Å². The molecule has 0 amide bonds. The molecule has 1 aliphatic heterocycles. The van der Waals surface area contributed by atoms with Crippen molar-refractivity contribution in [3.8, 4) is 5.75 Å². The van der Waals surface area contributed by atoms with E-state index in [-0.39, 0.29) is 16.4 Å². The van der Waals surface area contributed by atoms with Crippen molar-refractivity contribution in [3.05, 3.63) is 60.2 Å². The highest BCUT2D eigenvalue weighted by Crippen LogP contribution is 2.53. The average Bonchev–Trinajstić information content (AvgIpc) is 3.03. The van der Waals surface area contributed by atoms with Gasteiger partial charge in [0.05, 0.1) is 11.0 Å². The summed E-state index contributed by atoms with van der Waals surface area (Å²) in [5, 5.41) is 10.8. The second-order valence-electron chi connectivity index (χ2n) is 9.66. The Balaban J connectivity index is 1.44. The van der Waals surface area contributed by atoms with E-state index in [1.165, 1.54) is 5.56 Å². The van der Waals surface area contributed by atoms with Crippen molar-refractivity contribution < 1.29 is 31.4 Å². The summed E-state index contributed by atoms with van der Waals surface area (Å²) in [7, 11) is -4.03. The number of likely N-dealkylation sites (tertiary alicyclic amines) is 1. The lowest BCUT2D eigenvalue weighted by atomic mass is 9.65. The van der Waals surface area contributed by atoms with Gasteiger partial charge in [-0.3, -0.25) is 4.90 Å². The lowest BCUT2D eigenvalue weighted by Crippen LogP contribution is -2.65. The summed E-state index contributed by atoms with van der Waals surface area (Å²) in [6.45, 7) is 5.84. The zero-order valence-electron chi connectivity index (χ0n) is 19.0. The van der Waals surface area contributed by atoms with Crippen LogP contribution in [0.5, 0.6) is 5.75 Å². The molecule has 1 spiro atoms. The Kier molecular flexibility index (Phi) is 6.71. The molecule has 4 rings (SSSR count). The summed E-state index contributed by atoms with van der Waals surface area (Å²) in [4.78, 5) is 2.19. The van der Waals surface area contributed by atoms with Gasteiger partial charge in [-0.1, -0.05) is 44.2 Å². The molecule has 2 N–H and O–H groups in total. The molecule has 2 fully saturated rings. The number of aliphatic hydroxyl groups is 1. The Bertz CT molecular complexity index is 1090. The van der Waals surface area contributed by atoms with Crippen molar-refractivity contribution >= 4 is 10.0 Å². The molecule has 0 aromatic heterocycles. The molecule has 34 heavy (non-hydrogen) atoms. The second-order valence-corrected chi connectivity index (χ2v) is 11.4. The maximum absolute atomic E-state index is 12.9. The highest BCUT2D eigenvalue weighted by Gasteiger charge is 2.59. The first-order valence-electron chi connectivity index (χ1n) is 11.2. The standard InChI is InChI=1S/C24H29F3N2O4S/c1-16(2)22-23(15-29(22)14-17-6-4-3-5-7-17)12-20(21(30)13-23)28-34(31,32)19-10-8-18(9-11-19)33-24(25,26)27/h3-11,16,20-22,28,30H,12-15H2,1-2H3. The normalized spacial score (nSPS) is 27.8. The topological polar surface area (TPSA) is 78.9 Å². The van der Waals surface area contributed by atoms with E-state index in [9.17, 15) is 26.7 Å². The van der Waals surface area contributed by atoms with Gasteiger partial charge in [0.25, 0.3) is 0 Å². The first-order valence-corrected chi connectivity index (χ1v) is 12.7. The highest BCUT2D eigenvalue weighted by molar-refractivity contribution is 7.89. The zero-order valence-corrected chi connectivity index (χ0v) is 19.8.